The first-order valence-electron chi connectivity index (χ1n) is 8.74. The van der Waals surface area contributed by atoms with Crippen molar-refractivity contribution in [1.29, 1.82) is 0 Å². The molecule has 6 nitrogen and oxygen atoms in total. The molecule has 2 aromatic heterocycles. The zero-order valence-corrected chi connectivity index (χ0v) is 15.1. The molecule has 7 heteroatoms. The Kier molecular flexibility index (Phi) is 4.43. The zero-order valence-electron chi connectivity index (χ0n) is 14.3. The maximum absolute atomic E-state index is 12.7. The molecule has 3 heterocycles. The van der Waals surface area contributed by atoms with Crippen molar-refractivity contribution in [1.82, 2.24) is 15.3 Å². The summed E-state index contributed by atoms with van der Waals surface area (Å²) in [4.78, 5) is 23.2. The number of H-pyrrole nitrogens is 1. The Morgan fingerprint density at radius 3 is 3.16 bits per heavy atom. The number of thioether (sulfide) groups is 1. The lowest BCUT2D eigenvalue weighted by atomic mass is 10.2. The maximum atomic E-state index is 12.7. The number of nitrogens with zero attached hydrogens (tertiary/aromatic N) is 2. The molecule has 1 fully saturated rings. The lowest BCUT2D eigenvalue weighted by molar-refractivity contribution is -0.117. The average Bonchev–Trinajstić information content (AvgIpc) is 3.21. The predicted molar refractivity (Wildman–Crippen MR) is 102 cm³/mol. The number of aromatic nitrogens is 2. The number of hydrogen-bond donors (Lipinski definition) is 3. The average molecular weight is 357 g/mol. The van der Waals surface area contributed by atoms with Gasteiger partial charge in [0.15, 0.2) is 0 Å². The van der Waals surface area contributed by atoms with Gasteiger partial charge in [0.05, 0.1) is 10.6 Å². The first-order valence-corrected chi connectivity index (χ1v) is 9.72. The number of carbonyl (C=O) groups excluding carboxylic acids is 1. The lowest BCUT2D eigenvalue weighted by Crippen LogP contribution is -2.44. The SMILES string of the molecule is Cc1c[nH]c2nccc(N3C=C(C(=O)N[C@H]4CCC[C@@H]4N)SCC3)c12. The van der Waals surface area contributed by atoms with E-state index in [1.54, 1.807) is 18.0 Å². The summed E-state index contributed by atoms with van der Waals surface area (Å²) in [7, 11) is 0. The number of rotatable bonds is 3. The molecule has 0 unspecified atom stereocenters. The van der Waals surface area contributed by atoms with E-state index in [1.165, 1.54) is 0 Å². The minimum absolute atomic E-state index is 0.00635. The first kappa shape index (κ1) is 16.5. The number of nitrogens with one attached hydrogen (secondary N) is 2. The Bertz CT molecular complexity index is 830. The van der Waals surface area contributed by atoms with E-state index in [1.807, 2.05) is 18.5 Å². The minimum atomic E-state index is -0.00635. The quantitative estimate of drug-likeness (QED) is 0.784. The van der Waals surface area contributed by atoms with Gasteiger partial charge in [-0.3, -0.25) is 4.79 Å². The van der Waals surface area contributed by atoms with E-state index in [9.17, 15) is 4.79 Å². The fourth-order valence-electron chi connectivity index (χ4n) is 3.66. The monoisotopic (exact) mass is 357 g/mol. The molecular weight excluding hydrogens is 334 g/mol. The van der Waals surface area contributed by atoms with Crippen LogP contribution in [0, 0.1) is 6.92 Å². The van der Waals surface area contributed by atoms with E-state index in [0.717, 1.165) is 58.7 Å². The van der Waals surface area contributed by atoms with Crippen molar-refractivity contribution in [3.05, 3.63) is 35.1 Å². The van der Waals surface area contributed by atoms with Crippen LogP contribution in [-0.2, 0) is 4.79 Å². The number of aryl methyl sites for hydroxylation is 1. The summed E-state index contributed by atoms with van der Waals surface area (Å²) in [5.41, 5.74) is 9.21. The smallest absolute Gasteiger partial charge is 0.259 e. The van der Waals surface area contributed by atoms with E-state index >= 15 is 0 Å². The molecule has 1 saturated carbocycles. The molecule has 1 aliphatic carbocycles. The van der Waals surface area contributed by atoms with Crippen molar-refractivity contribution in [3.8, 4) is 0 Å². The summed E-state index contributed by atoms with van der Waals surface area (Å²) in [6.45, 7) is 2.94. The van der Waals surface area contributed by atoms with Crippen LogP contribution in [0.2, 0.25) is 0 Å². The molecule has 0 saturated heterocycles. The van der Waals surface area contributed by atoms with Crippen LogP contribution < -0.4 is 16.0 Å². The molecule has 2 aliphatic rings. The van der Waals surface area contributed by atoms with E-state index in [2.05, 4.69) is 27.1 Å². The van der Waals surface area contributed by atoms with Gasteiger partial charge in [0.1, 0.15) is 5.65 Å². The molecule has 0 bridgehead atoms. The first-order chi connectivity index (χ1) is 12.1. The maximum Gasteiger partial charge on any atom is 0.259 e. The van der Waals surface area contributed by atoms with Crippen molar-refractivity contribution < 1.29 is 4.79 Å². The van der Waals surface area contributed by atoms with Gasteiger partial charge in [-0.05, 0) is 37.8 Å². The number of carbonyl (C=O) groups is 1. The number of fused-ring (bicyclic) bond motifs is 1. The second kappa shape index (κ2) is 6.72. The van der Waals surface area contributed by atoms with E-state index in [-0.39, 0.29) is 18.0 Å². The van der Waals surface area contributed by atoms with Crippen molar-refractivity contribution in [2.45, 2.75) is 38.3 Å². The lowest BCUT2D eigenvalue weighted by Gasteiger charge is -2.27. The number of hydrogen-bond acceptors (Lipinski definition) is 5. The molecule has 25 heavy (non-hydrogen) atoms. The summed E-state index contributed by atoms with van der Waals surface area (Å²) in [5, 5.41) is 4.23. The van der Waals surface area contributed by atoms with Gasteiger partial charge in [-0.2, -0.15) is 0 Å². The minimum Gasteiger partial charge on any atom is -0.347 e. The van der Waals surface area contributed by atoms with Crippen molar-refractivity contribution in [3.63, 3.8) is 0 Å². The Hall–Kier alpha value is -1.99. The van der Waals surface area contributed by atoms with Crippen molar-refractivity contribution in [2.75, 3.05) is 17.2 Å². The standard InChI is InChI=1S/C18H23N5OS/c1-11-9-21-17-16(11)14(5-6-20-17)23-7-8-25-15(10-23)18(24)22-13-4-2-3-12(13)19/h5-6,9-10,12-13H,2-4,7-8,19H2,1H3,(H,20,21)(H,22,24)/t12-,13-/m0/s1. The largest absolute Gasteiger partial charge is 0.347 e. The number of nitrogens with two attached hydrogens (primary N) is 1. The van der Waals surface area contributed by atoms with Gasteiger partial charge in [0.2, 0.25) is 0 Å². The van der Waals surface area contributed by atoms with Crippen LogP contribution in [0.15, 0.2) is 29.6 Å². The Balaban J connectivity index is 1.59. The van der Waals surface area contributed by atoms with Gasteiger partial charge in [0.25, 0.3) is 5.91 Å². The zero-order chi connectivity index (χ0) is 17.4. The number of anilines is 1. The van der Waals surface area contributed by atoms with E-state index < -0.39 is 0 Å². The fraction of sp³-hybridized carbons (Fsp3) is 0.444. The van der Waals surface area contributed by atoms with Gasteiger partial charge in [-0.25, -0.2) is 4.98 Å². The third-order valence-electron chi connectivity index (χ3n) is 5.03. The number of amides is 1. The number of aromatic amines is 1. The molecule has 0 spiro atoms. The van der Waals surface area contributed by atoms with Gasteiger partial charge in [-0.15, -0.1) is 11.8 Å². The van der Waals surface area contributed by atoms with Crippen molar-refractivity contribution >= 4 is 34.4 Å². The van der Waals surface area contributed by atoms with E-state index in [4.69, 9.17) is 5.73 Å². The molecule has 4 rings (SSSR count). The molecule has 1 aliphatic heterocycles. The summed E-state index contributed by atoms with van der Waals surface area (Å²) in [5.74, 6) is 0.872. The van der Waals surface area contributed by atoms with E-state index in [0.29, 0.717) is 0 Å². The van der Waals surface area contributed by atoms with Gasteiger partial charge in [-0.1, -0.05) is 0 Å². The Morgan fingerprint density at radius 1 is 1.48 bits per heavy atom. The third-order valence-corrected chi connectivity index (χ3v) is 6.02. The van der Waals surface area contributed by atoms with Crippen LogP contribution in [0.5, 0.6) is 0 Å². The highest BCUT2D eigenvalue weighted by molar-refractivity contribution is 8.04. The summed E-state index contributed by atoms with van der Waals surface area (Å²) < 4.78 is 0. The Labute approximate surface area is 151 Å². The fourth-order valence-corrected chi connectivity index (χ4v) is 4.56. The van der Waals surface area contributed by atoms with Crippen LogP contribution in [0.25, 0.3) is 11.0 Å². The third kappa shape index (κ3) is 3.14. The molecule has 132 valence electrons. The second-order valence-corrected chi connectivity index (χ2v) is 7.87. The van der Waals surface area contributed by atoms with Gasteiger partial charge < -0.3 is 20.9 Å². The van der Waals surface area contributed by atoms with Gasteiger partial charge >= 0.3 is 0 Å². The molecule has 0 aromatic carbocycles. The highest BCUT2D eigenvalue weighted by Gasteiger charge is 2.27. The molecule has 0 radical (unpaired) electrons. The second-order valence-electron chi connectivity index (χ2n) is 6.74. The summed E-state index contributed by atoms with van der Waals surface area (Å²) in [6.07, 6.45) is 8.80. The molecule has 2 aromatic rings. The summed E-state index contributed by atoms with van der Waals surface area (Å²) in [6, 6.07) is 2.19. The molecular formula is C18H23N5OS. The van der Waals surface area contributed by atoms with Crippen molar-refractivity contribution in [2.24, 2.45) is 5.73 Å². The highest BCUT2D eigenvalue weighted by Crippen LogP contribution is 2.32. The predicted octanol–water partition coefficient (Wildman–Crippen LogP) is 2.26. The van der Waals surface area contributed by atoms with Gasteiger partial charge in [0, 0.05) is 48.4 Å². The molecule has 4 N–H and O–H groups in total. The summed E-state index contributed by atoms with van der Waals surface area (Å²) >= 11 is 1.61. The van der Waals surface area contributed by atoms with Crippen LogP contribution in [0.1, 0.15) is 24.8 Å². The number of pyridine rings is 1. The Morgan fingerprint density at radius 2 is 2.36 bits per heavy atom. The van der Waals surface area contributed by atoms with Crippen LogP contribution >= 0.6 is 11.8 Å². The topological polar surface area (TPSA) is 87.0 Å². The van der Waals surface area contributed by atoms with Crippen LogP contribution in [0.4, 0.5) is 5.69 Å². The normalized spacial score (nSPS) is 23.8. The highest BCUT2D eigenvalue weighted by atomic mass is 32.2. The molecule has 2 atom stereocenters. The van der Waals surface area contributed by atoms with Crippen LogP contribution in [0.3, 0.4) is 0 Å². The van der Waals surface area contributed by atoms with Crippen LogP contribution in [-0.4, -0.2) is 40.3 Å². The molecule has 1 amide bonds.